The third-order valence-corrected chi connectivity index (χ3v) is 4.92. The molecule has 0 radical (unpaired) electrons. The number of ether oxygens (including phenoxy) is 1. The molecule has 0 fully saturated rings. The van der Waals surface area contributed by atoms with Gasteiger partial charge in [0.2, 0.25) is 0 Å². The van der Waals surface area contributed by atoms with E-state index < -0.39 is 0 Å². The first-order valence-corrected chi connectivity index (χ1v) is 9.46. The maximum Gasteiger partial charge on any atom is 0.157 e. The lowest BCUT2D eigenvalue weighted by Crippen LogP contribution is -2.16. The van der Waals surface area contributed by atoms with Gasteiger partial charge in [0.1, 0.15) is 17.5 Å². The summed E-state index contributed by atoms with van der Waals surface area (Å²) >= 11 is 0. The van der Waals surface area contributed by atoms with Crippen LogP contribution in [0.1, 0.15) is 24.1 Å². The zero-order valence-electron chi connectivity index (χ0n) is 16.6. The van der Waals surface area contributed by atoms with Crippen molar-refractivity contribution in [2.24, 2.45) is 0 Å². The van der Waals surface area contributed by atoms with E-state index in [1.165, 1.54) is 6.07 Å². The molecule has 0 aliphatic rings. The Morgan fingerprint density at radius 1 is 1.21 bits per heavy atom. The number of nitrogens with zero attached hydrogens (tertiary/aromatic N) is 4. The predicted octanol–water partition coefficient (Wildman–Crippen LogP) is 3.96. The zero-order valence-corrected chi connectivity index (χ0v) is 16.6. The Labute approximate surface area is 167 Å². The molecule has 0 aliphatic carbocycles. The molecule has 0 saturated heterocycles. The molecule has 1 atom stereocenters. The Hall–Kier alpha value is -3.26. The summed E-state index contributed by atoms with van der Waals surface area (Å²) in [4.78, 5) is 9.04. The van der Waals surface area contributed by atoms with Crippen LogP contribution in [0.4, 0.5) is 16.0 Å². The molecular weight excluding hydrogens is 371 g/mol. The van der Waals surface area contributed by atoms with E-state index in [1.807, 2.05) is 18.2 Å². The normalized spacial score (nSPS) is 12.4. The van der Waals surface area contributed by atoms with Crippen molar-refractivity contribution in [1.82, 2.24) is 19.6 Å². The van der Waals surface area contributed by atoms with E-state index in [2.05, 4.69) is 27.6 Å². The van der Waals surface area contributed by atoms with E-state index in [4.69, 9.17) is 9.72 Å². The molecule has 150 valence electrons. The largest absolute Gasteiger partial charge is 0.383 e. The second kappa shape index (κ2) is 8.00. The number of benzene rings is 1. The Bertz CT molecular complexity index is 1160. The Kier molecular flexibility index (Phi) is 5.26. The van der Waals surface area contributed by atoms with E-state index in [9.17, 15) is 4.39 Å². The first-order chi connectivity index (χ1) is 14.1. The molecule has 1 aromatic carbocycles. The summed E-state index contributed by atoms with van der Waals surface area (Å²) in [6, 6.07) is 8.93. The number of pyridine rings is 1. The number of rotatable bonds is 7. The fourth-order valence-electron chi connectivity index (χ4n) is 3.36. The van der Waals surface area contributed by atoms with Crippen LogP contribution in [0.3, 0.4) is 0 Å². The van der Waals surface area contributed by atoms with Crippen LogP contribution in [0.25, 0.3) is 16.6 Å². The van der Waals surface area contributed by atoms with Crippen LogP contribution >= 0.6 is 0 Å². The van der Waals surface area contributed by atoms with Gasteiger partial charge in [0.25, 0.3) is 0 Å². The maximum atomic E-state index is 14.0. The number of hydrogen-bond donors (Lipinski definition) is 2. The SMILES string of the molecule is COCCNc1nc2c(C)c(F)ccc2cc1[C@H](C)Nc1ccnc2ccnn12. The van der Waals surface area contributed by atoms with Gasteiger partial charge in [-0.25, -0.2) is 14.4 Å². The lowest BCUT2D eigenvalue weighted by atomic mass is 10.0. The van der Waals surface area contributed by atoms with Crippen LogP contribution in [0, 0.1) is 12.7 Å². The Balaban J connectivity index is 1.74. The molecule has 3 aromatic heterocycles. The minimum atomic E-state index is -0.260. The first-order valence-electron chi connectivity index (χ1n) is 9.46. The van der Waals surface area contributed by atoms with E-state index in [0.717, 1.165) is 22.4 Å². The molecule has 4 rings (SSSR count). The average Bonchev–Trinajstić information content (AvgIpc) is 3.21. The number of halogens is 1. The van der Waals surface area contributed by atoms with Gasteiger partial charge >= 0.3 is 0 Å². The number of aromatic nitrogens is 4. The van der Waals surface area contributed by atoms with Gasteiger partial charge < -0.3 is 15.4 Å². The van der Waals surface area contributed by atoms with Gasteiger partial charge in [0, 0.05) is 42.4 Å². The fourth-order valence-corrected chi connectivity index (χ4v) is 3.36. The van der Waals surface area contributed by atoms with Gasteiger partial charge in [0.05, 0.1) is 24.4 Å². The third kappa shape index (κ3) is 3.71. The smallest absolute Gasteiger partial charge is 0.157 e. The molecular formula is C21H23FN6O. The molecule has 2 N–H and O–H groups in total. The van der Waals surface area contributed by atoms with E-state index in [0.29, 0.717) is 30.0 Å². The molecule has 0 amide bonds. The monoisotopic (exact) mass is 394 g/mol. The highest BCUT2D eigenvalue weighted by molar-refractivity contribution is 5.85. The van der Waals surface area contributed by atoms with Crippen LogP contribution < -0.4 is 10.6 Å². The van der Waals surface area contributed by atoms with Crippen molar-refractivity contribution in [1.29, 1.82) is 0 Å². The summed E-state index contributed by atoms with van der Waals surface area (Å²) in [6.07, 6.45) is 3.46. The number of anilines is 2. The standard InChI is InChI=1S/C21H23FN6O/c1-13-17(22)5-4-15-12-16(21(27-20(13)15)24-10-11-29-3)14(2)26-19-6-8-23-18-7-9-25-28(18)19/h4-9,12,14,26H,10-11H2,1-3H3,(H,24,27)/t14-/m0/s1. The molecule has 8 heteroatoms. The second-order valence-electron chi connectivity index (χ2n) is 6.89. The van der Waals surface area contributed by atoms with E-state index in [1.54, 1.807) is 37.0 Å². The molecule has 29 heavy (non-hydrogen) atoms. The quantitative estimate of drug-likeness (QED) is 0.462. The van der Waals surface area contributed by atoms with E-state index >= 15 is 0 Å². The molecule has 3 heterocycles. The van der Waals surface area contributed by atoms with Gasteiger partial charge in [-0.2, -0.15) is 9.61 Å². The number of aryl methyl sites for hydroxylation is 1. The van der Waals surface area contributed by atoms with Crippen molar-refractivity contribution in [3.8, 4) is 0 Å². The lowest BCUT2D eigenvalue weighted by Gasteiger charge is -2.21. The van der Waals surface area contributed by atoms with Gasteiger partial charge in [-0.15, -0.1) is 0 Å². The number of hydrogen-bond acceptors (Lipinski definition) is 6. The molecule has 0 aliphatic heterocycles. The first kappa shape index (κ1) is 19.1. The molecule has 0 spiro atoms. The van der Waals surface area contributed by atoms with Gasteiger partial charge in [-0.05, 0) is 38.1 Å². The van der Waals surface area contributed by atoms with Crippen molar-refractivity contribution in [2.45, 2.75) is 19.9 Å². The molecule has 0 saturated carbocycles. The number of nitrogens with one attached hydrogen (secondary N) is 2. The highest BCUT2D eigenvalue weighted by Crippen LogP contribution is 2.30. The number of fused-ring (bicyclic) bond motifs is 2. The maximum absolute atomic E-state index is 14.0. The zero-order chi connectivity index (χ0) is 20.4. The van der Waals surface area contributed by atoms with Crippen molar-refractivity contribution >= 4 is 28.2 Å². The number of methoxy groups -OCH3 is 1. The molecule has 0 bridgehead atoms. The van der Waals surface area contributed by atoms with Crippen LogP contribution in [0.5, 0.6) is 0 Å². The van der Waals surface area contributed by atoms with Crippen LogP contribution in [-0.2, 0) is 4.74 Å². The highest BCUT2D eigenvalue weighted by atomic mass is 19.1. The van der Waals surface area contributed by atoms with Crippen LogP contribution in [0.15, 0.2) is 42.7 Å². The van der Waals surface area contributed by atoms with Crippen LogP contribution in [0.2, 0.25) is 0 Å². The topological polar surface area (TPSA) is 76.4 Å². The van der Waals surface area contributed by atoms with Gasteiger partial charge in [-0.1, -0.05) is 0 Å². The molecule has 0 unspecified atom stereocenters. The summed E-state index contributed by atoms with van der Waals surface area (Å²) < 4.78 is 20.9. The summed E-state index contributed by atoms with van der Waals surface area (Å²) in [5.41, 5.74) is 2.93. The van der Waals surface area contributed by atoms with Gasteiger partial charge in [-0.3, -0.25) is 0 Å². The predicted molar refractivity (Wildman–Crippen MR) is 112 cm³/mol. The molecule has 7 nitrogen and oxygen atoms in total. The van der Waals surface area contributed by atoms with Gasteiger partial charge in [0.15, 0.2) is 5.65 Å². The second-order valence-corrected chi connectivity index (χ2v) is 6.89. The third-order valence-electron chi connectivity index (χ3n) is 4.92. The summed E-state index contributed by atoms with van der Waals surface area (Å²) in [6.45, 7) is 4.94. The molecule has 4 aromatic rings. The fraction of sp³-hybridized carbons (Fsp3) is 0.286. The minimum Gasteiger partial charge on any atom is -0.383 e. The summed E-state index contributed by atoms with van der Waals surface area (Å²) in [5, 5.41) is 12.0. The van der Waals surface area contributed by atoms with Crippen molar-refractivity contribution < 1.29 is 9.13 Å². The summed E-state index contributed by atoms with van der Waals surface area (Å²) in [5.74, 6) is 1.27. The average molecular weight is 394 g/mol. The Morgan fingerprint density at radius 2 is 2.07 bits per heavy atom. The van der Waals surface area contributed by atoms with Crippen molar-refractivity contribution in [2.75, 3.05) is 30.9 Å². The highest BCUT2D eigenvalue weighted by Gasteiger charge is 2.17. The van der Waals surface area contributed by atoms with Crippen LogP contribution in [-0.4, -0.2) is 39.8 Å². The Morgan fingerprint density at radius 3 is 2.90 bits per heavy atom. The van der Waals surface area contributed by atoms with Crippen molar-refractivity contribution in [3.63, 3.8) is 0 Å². The van der Waals surface area contributed by atoms with E-state index in [-0.39, 0.29) is 11.9 Å². The minimum absolute atomic E-state index is 0.0860. The summed E-state index contributed by atoms with van der Waals surface area (Å²) in [7, 11) is 1.65. The lowest BCUT2D eigenvalue weighted by molar-refractivity contribution is 0.210. The van der Waals surface area contributed by atoms with Crippen molar-refractivity contribution in [3.05, 3.63) is 59.7 Å².